The van der Waals surface area contributed by atoms with Crippen LogP contribution in [0.15, 0.2) is 59.6 Å². The van der Waals surface area contributed by atoms with E-state index in [-0.39, 0.29) is 24.0 Å². The largest absolute Gasteiger partial charge is 0.378 e. The Morgan fingerprint density at radius 1 is 0.963 bits per heavy atom. The minimum absolute atomic E-state index is 0. The van der Waals surface area contributed by atoms with E-state index >= 15 is 0 Å². The second-order valence-electron chi connectivity index (χ2n) is 6.35. The van der Waals surface area contributed by atoms with Gasteiger partial charge < -0.3 is 20.3 Å². The van der Waals surface area contributed by atoms with Crippen LogP contribution in [0.4, 0.5) is 5.69 Å². The average molecular weight is 480 g/mol. The normalized spacial score (nSPS) is 14.4. The van der Waals surface area contributed by atoms with E-state index in [9.17, 15) is 0 Å². The molecule has 2 aromatic rings. The van der Waals surface area contributed by atoms with Gasteiger partial charge in [-0.2, -0.15) is 0 Å². The maximum atomic E-state index is 5.41. The zero-order chi connectivity index (χ0) is 18.0. The van der Waals surface area contributed by atoms with Crippen molar-refractivity contribution in [2.75, 3.05) is 44.8 Å². The van der Waals surface area contributed by atoms with Crippen molar-refractivity contribution in [2.24, 2.45) is 4.99 Å². The molecule has 146 valence electrons. The van der Waals surface area contributed by atoms with Crippen LogP contribution in [0.3, 0.4) is 0 Å². The van der Waals surface area contributed by atoms with Gasteiger partial charge in [-0.15, -0.1) is 24.0 Å². The monoisotopic (exact) mass is 480 g/mol. The molecular formula is C21H29IN4O. The number of ether oxygens (including phenoxy) is 1. The molecule has 0 saturated carbocycles. The topological polar surface area (TPSA) is 48.9 Å². The molecule has 27 heavy (non-hydrogen) atoms. The SMILES string of the molecule is CN=C(NCCc1ccccc1)NCc1ccc(N2CCOCC2)cc1.I. The van der Waals surface area contributed by atoms with Gasteiger partial charge in [0.15, 0.2) is 5.96 Å². The number of hydrogen-bond donors (Lipinski definition) is 2. The summed E-state index contributed by atoms with van der Waals surface area (Å²) in [7, 11) is 1.80. The fourth-order valence-electron chi connectivity index (χ4n) is 3.02. The van der Waals surface area contributed by atoms with Crippen molar-refractivity contribution in [1.29, 1.82) is 0 Å². The molecule has 6 heteroatoms. The van der Waals surface area contributed by atoms with Gasteiger partial charge >= 0.3 is 0 Å². The number of anilines is 1. The van der Waals surface area contributed by atoms with Gasteiger partial charge in [0.1, 0.15) is 0 Å². The van der Waals surface area contributed by atoms with Crippen LogP contribution >= 0.6 is 24.0 Å². The molecule has 0 bridgehead atoms. The first-order chi connectivity index (χ1) is 12.8. The molecule has 1 saturated heterocycles. The molecule has 0 aliphatic carbocycles. The van der Waals surface area contributed by atoms with Crippen LogP contribution in [0.5, 0.6) is 0 Å². The summed E-state index contributed by atoms with van der Waals surface area (Å²) in [6, 6.07) is 19.2. The Balaban J connectivity index is 0.00000261. The van der Waals surface area contributed by atoms with E-state index in [0.717, 1.165) is 51.8 Å². The van der Waals surface area contributed by atoms with Crippen LogP contribution in [-0.4, -0.2) is 45.9 Å². The van der Waals surface area contributed by atoms with E-state index in [1.54, 1.807) is 7.05 Å². The molecule has 0 atom stereocenters. The molecular weight excluding hydrogens is 451 g/mol. The lowest BCUT2D eigenvalue weighted by Gasteiger charge is -2.28. The highest BCUT2D eigenvalue weighted by atomic mass is 127. The van der Waals surface area contributed by atoms with Crippen molar-refractivity contribution in [2.45, 2.75) is 13.0 Å². The van der Waals surface area contributed by atoms with E-state index < -0.39 is 0 Å². The molecule has 1 aliphatic heterocycles. The summed E-state index contributed by atoms with van der Waals surface area (Å²) in [6.45, 7) is 5.18. The molecule has 0 amide bonds. The Labute approximate surface area is 179 Å². The van der Waals surface area contributed by atoms with Gasteiger partial charge in [-0.25, -0.2) is 0 Å². The lowest BCUT2D eigenvalue weighted by molar-refractivity contribution is 0.122. The number of hydrogen-bond acceptors (Lipinski definition) is 3. The number of halogens is 1. The van der Waals surface area contributed by atoms with Gasteiger partial charge in [-0.3, -0.25) is 4.99 Å². The van der Waals surface area contributed by atoms with Crippen LogP contribution in [-0.2, 0) is 17.7 Å². The number of nitrogens with one attached hydrogen (secondary N) is 2. The van der Waals surface area contributed by atoms with Crippen molar-refractivity contribution < 1.29 is 4.74 Å². The highest BCUT2D eigenvalue weighted by molar-refractivity contribution is 14.0. The molecule has 0 spiro atoms. The number of nitrogens with zero attached hydrogens (tertiary/aromatic N) is 2. The maximum absolute atomic E-state index is 5.41. The van der Waals surface area contributed by atoms with Crippen LogP contribution in [0, 0.1) is 0 Å². The minimum atomic E-state index is 0. The van der Waals surface area contributed by atoms with E-state index in [4.69, 9.17) is 4.74 Å². The highest BCUT2D eigenvalue weighted by Gasteiger charge is 2.10. The predicted octanol–water partition coefficient (Wildman–Crippen LogP) is 3.05. The Morgan fingerprint density at radius 2 is 1.67 bits per heavy atom. The fraction of sp³-hybridized carbons (Fsp3) is 0.381. The molecule has 3 rings (SSSR count). The Morgan fingerprint density at radius 3 is 2.33 bits per heavy atom. The first kappa shape index (κ1) is 21.5. The van der Waals surface area contributed by atoms with Crippen molar-refractivity contribution in [3.63, 3.8) is 0 Å². The van der Waals surface area contributed by atoms with Crippen LogP contribution in [0.1, 0.15) is 11.1 Å². The number of benzene rings is 2. The summed E-state index contributed by atoms with van der Waals surface area (Å²) in [5.74, 6) is 0.832. The molecule has 0 unspecified atom stereocenters. The van der Waals surface area contributed by atoms with Crippen molar-refractivity contribution in [3.05, 3.63) is 65.7 Å². The van der Waals surface area contributed by atoms with Gasteiger partial charge in [0.05, 0.1) is 13.2 Å². The van der Waals surface area contributed by atoms with Crippen molar-refractivity contribution in [3.8, 4) is 0 Å². The molecule has 1 aliphatic rings. The van der Waals surface area contributed by atoms with Crippen LogP contribution < -0.4 is 15.5 Å². The summed E-state index contributed by atoms with van der Waals surface area (Å²) in [6.07, 6.45) is 0.982. The van der Waals surface area contributed by atoms with E-state index in [1.165, 1.54) is 16.8 Å². The first-order valence-corrected chi connectivity index (χ1v) is 9.25. The molecule has 2 aromatic carbocycles. The van der Waals surface area contributed by atoms with Crippen LogP contribution in [0.25, 0.3) is 0 Å². The van der Waals surface area contributed by atoms with Gasteiger partial charge in [-0.05, 0) is 29.7 Å². The van der Waals surface area contributed by atoms with E-state index in [1.807, 2.05) is 6.07 Å². The zero-order valence-electron chi connectivity index (χ0n) is 15.9. The summed E-state index contributed by atoms with van der Waals surface area (Å²) >= 11 is 0. The van der Waals surface area contributed by atoms with E-state index in [0.29, 0.717) is 0 Å². The van der Waals surface area contributed by atoms with Gasteiger partial charge in [0.25, 0.3) is 0 Å². The molecule has 1 heterocycles. The molecule has 5 nitrogen and oxygen atoms in total. The first-order valence-electron chi connectivity index (χ1n) is 9.25. The summed E-state index contributed by atoms with van der Waals surface area (Å²) < 4.78 is 5.41. The summed E-state index contributed by atoms with van der Waals surface area (Å²) in [4.78, 5) is 6.66. The molecule has 2 N–H and O–H groups in total. The van der Waals surface area contributed by atoms with Gasteiger partial charge in [0.2, 0.25) is 0 Å². The number of morpholine rings is 1. The van der Waals surface area contributed by atoms with Crippen LogP contribution in [0.2, 0.25) is 0 Å². The van der Waals surface area contributed by atoms with Gasteiger partial charge in [0, 0.05) is 38.9 Å². The van der Waals surface area contributed by atoms with Gasteiger partial charge in [-0.1, -0.05) is 42.5 Å². The lowest BCUT2D eigenvalue weighted by Crippen LogP contribution is -2.38. The highest BCUT2D eigenvalue weighted by Crippen LogP contribution is 2.16. The second kappa shape index (κ2) is 11.8. The number of rotatable bonds is 6. The third-order valence-corrected chi connectivity index (χ3v) is 4.55. The maximum Gasteiger partial charge on any atom is 0.191 e. The van der Waals surface area contributed by atoms with Crippen molar-refractivity contribution >= 4 is 35.6 Å². The zero-order valence-corrected chi connectivity index (χ0v) is 18.2. The molecule has 1 fully saturated rings. The Hall–Kier alpha value is -1.80. The predicted molar refractivity (Wildman–Crippen MR) is 123 cm³/mol. The quantitative estimate of drug-likeness (QED) is 0.379. The Kier molecular flexibility index (Phi) is 9.41. The summed E-state index contributed by atoms with van der Waals surface area (Å²) in [5.41, 5.74) is 3.84. The minimum Gasteiger partial charge on any atom is -0.378 e. The fourth-order valence-corrected chi connectivity index (χ4v) is 3.02. The smallest absolute Gasteiger partial charge is 0.191 e. The standard InChI is InChI=1S/C21H28N4O.HI/c1-22-21(23-12-11-18-5-3-2-4-6-18)24-17-19-7-9-20(10-8-19)25-13-15-26-16-14-25;/h2-10H,11-17H2,1H3,(H2,22,23,24);1H. The number of aliphatic imine (C=N–C) groups is 1. The van der Waals surface area contributed by atoms with E-state index in [2.05, 4.69) is 69.1 Å². The molecule has 0 aromatic heterocycles. The number of guanidine groups is 1. The second-order valence-corrected chi connectivity index (χ2v) is 6.35. The molecule has 0 radical (unpaired) electrons. The Bertz CT molecular complexity index is 685. The summed E-state index contributed by atoms with van der Waals surface area (Å²) in [5, 5.41) is 6.74. The lowest BCUT2D eigenvalue weighted by atomic mass is 10.1. The van der Waals surface area contributed by atoms with Crippen molar-refractivity contribution in [1.82, 2.24) is 10.6 Å². The third-order valence-electron chi connectivity index (χ3n) is 4.55. The average Bonchev–Trinajstić information content (AvgIpc) is 2.72. The third kappa shape index (κ3) is 7.03.